The average Bonchev–Trinajstić information content (AvgIpc) is 3.27. The first kappa shape index (κ1) is 17.6. The lowest BCUT2D eigenvalue weighted by molar-refractivity contribution is -0.115. The summed E-state index contributed by atoms with van der Waals surface area (Å²) in [5.41, 5.74) is 3.20. The van der Waals surface area contributed by atoms with Crippen molar-refractivity contribution in [2.24, 2.45) is 0 Å². The molecule has 1 amide bonds. The van der Waals surface area contributed by atoms with Crippen LogP contribution in [0.25, 0.3) is 10.2 Å². The molecule has 0 aliphatic heterocycles. The summed E-state index contributed by atoms with van der Waals surface area (Å²) in [5.74, 6) is -0.111. The molecular formula is C19H16N4O2S2. The Morgan fingerprint density at radius 2 is 2.11 bits per heavy atom. The van der Waals surface area contributed by atoms with Crippen molar-refractivity contribution in [3.63, 3.8) is 0 Å². The van der Waals surface area contributed by atoms with Crippen LogP contribution in [0.2, 0.25) is 0 Å². The number of carbonyl (C=O) groups is 1. The number of aryl methyl sites for hydroxylation is 1. The Kier molecular flexibility index (Phi) is 4.59. The number of thiophene rings is 1. The molecule has 0 bridgehead atoms. The van der Waals surface area contributed by atoms with Gasteiger partial charge in [0.1, 0.15) is 4.70 Å². The van der Waals surface area contributed by atoms with Crippen molar-refractivity contribution in [3.05, 3.63) is 69.0 Å². The highest BCUT2D eigenvalue weighted by atomic mass is 32.1. The zero-order chi connectivity index (χ0) is 19.0. The third kappa shape index (κ3) is 3.41. The third-order valence-corrected chi connectivity index (χ3v) is 5.84. The van der Waals surface area contributed by atoms with E-state index in [9.17, 15) is 9.59 Å². The number of aromatic nitrogens is 3. The van der Waals surface area contributed by atoms with Crippen molar-refractivity contribution in [2.75, 3.05) is 4.90 Å². The fourth-order valence-electron chi connectivity index (χ4n) is 2.83. The van der Waals surface area contributed by atoms with E-state index in [0.29, 0.717) is 27.6 Å². The van der Waals surface area contributed by atoms with E-state index in [1.165, 1.54) is 29.6 Å². The molecular weight excluding hydrogens is 380 g/mol. The number of amides is 1. The molecule has 136 valence electrons. The molecule has 0 aliphatic carbocycles. The van der Waals surface area contributed by atoms with E-state index in [2.05, 4.69) is 9.97 Å². The first-order valence-corrected chi connectivity index (χ1v) is 10.0. The molecule has 0 fully saturated rings. The zero-order valence-electron chi connectivity index (χ0n) is 14.7. The Morgan fingerprint density at radius 3 is 2.89 bits per heavy atom. The average molecular weight is 396 g/mol. The highest BCUT2D eigenvalue weighted by Gasteiger charge is 2.18. The number of carbonyl (C=O) groups excluding carboxylic acids is 1. The van der Waals surface area contributed by atoms with Crippen molar-refractivity contribution in [2.45, 2.75) is 20.4 Å². The summed E-state index contributed by atoms with van der Waals surface area (Å²) >= 11 is 2.76. The van der Waals surface area contributed by atoms with Crippen molar-refractivity contribution in [1.29, 1.82) is 0 Å². The molecule has 1 aromatic carbocycles. The quantitative estimate of drug-likeness (QED) is 0.524. The molecule has 4 rings (SSSR count). The first-order valence-electron chi connectivity index (χ1n) is 8.27. The Balaban J connectivity index is 1.66. The van der Waals surface area contributed by atoms with E-state index in [4.69, 9.17) is 0 Å². The summed E-state index contributed by atoms with van der Waals surface area (Å²) < 4.78 is 2.18. The number of hydrogen-bond acceptors (Lipinski definition) is 6. The Morgan fingerprint density at radius 1 is 1.26 bits per heavy atom. The van der Waals surface area contributed by atoms with Gasteiger partial charge in [-0.2, -0.15) is 0 Å². The smallest absolute Gasteiger partial charge is 0.271 e. The van der Waals surface area contributed by atoms with Gasteiger partial charge in [-0.15, -0.1) is 22.7 Å². The topological polar surface area (TPSA) is 68.1 Å². The standard InChI is InChI=1S/C19H16N4O2S2/c1-12-4-3-5-15(8-12)23(13(2)24)19-21-14(10-27-19)9-22-11-20-16-6-7-26-17(16)18(22)25/h3-8,10-11H,9H2,1-2H3. The lowest BCUT2D eigenvalue weighted by Gasteiger charge is -2.18. The van der Waals surface area contributed by atoms with Gasteiger partial charge in [-0.05, 0) is 36.1 Å². The molecule has 0 spiro atoms. The molecule has 0 saturated carbocycles. The number of fused-ring (bicyclic) bond motifs is 1. The van der Waals surface area contributed by atoms with E-state index in [0.717, 1.165) is 11.3 Å². The second-order valence-electron chi connectivity index (χ2n) is 6.13. The number of anilines is 2. The summed E-state index contributed by atoms with van der Waals surface area (Å²) in [6.07, 6.45) is 1.54. The van der Waals surface area contributed by atoms with Gasteiger partial charge in [0.15, 0.2) is 5.13 Å². The Bertz CT molecular complexity index is 1190. The summed E-state index contributed by atoms with van der Waals surface area (Å²) in [6.45, 7) is 3.81. The van der Waals surface area contributed by atoms with Crippen molar-refractivity contribution in [1.82, 2.24) is 14.5 Å². The van der Waals surface area contributed by atoms with E-state index in [-0.39, 0.29) is 11.5 Å². The minimum Gasteiger partial charge on any atom is -0.292 e. The molecule has 0 N–H and O–H groups in total. The molecule has 27 heavy (non-hydrogen) atoms. The second kappa shape index (κ2) is 7.05. The zero-order valence-corrected chi connectivity index (χ0v) is 16.4. The van der Waals surface area contributed by atoms with Gasteiger partial charge in [-0.3, -0.25) is 19.1 Å². The maximum atomic E-state index is 12.5. The molecule has 8 heteroatoms. The van der Waals surface area contributed by atoms with Gasteiger partial charge in [0.2, 0.25) is 5.91 Å². The van der Waals surface area contributed by atoms with Crippen LogP contribution in [0.1, 0.15) is 18.2 Å². The first-order chi connectivity index (χ1) is 13.0. The molecule has 0 radical (unpaired) electrons. The minimum absolute atomic E-state index is 0.0772. The van der Waals surface area contributed by atoms with Crippen LogP contribution in [0.4, 0.5) is 10.8 Å². The molecule has 6 nitrogen and oxygen atoms in total. The minimum atomic E-state index is -0.111. The van der Waals surface area contributed by atoms with Gasteiger partial charge in [0.05, 0.1) is 29.8 Å². The molecule has 0 aliphatic rings. The Hall–Kier alpha value is -2.84. The number of hydrogen-bond donors (Lipinski definition) is 0. The largest absolute Gasteiger partial charge is 0.292 e. The van der Waals surface area contributed by atoms with Gasteiger partial charge >= 0.3 is 0 Å². The number of benzene rings is 1. The van der Waals surface area contributed by atoms with Crippen LogP contribution in [-0.4, -0.2) is 20.4 Å². The number of nitrogens with zero attached hydrogens (tertiary/aromatic N) is 4. The molecule has 3 heterocycles. The summed E-state index contributed by atoms with van der Waals surface area (Å²) in [7, 11) is 0. The molecule has 3 aromatic heterocycles. The van der Waals surface area contributed by atoms with E-state index in [1.54, 1.807) is 15.8 Å². The van der Waals surface area contributed by atoms with Crippen molar-refractivity contribution in [3.8, 4) is 0 Å². The van der Waals surface area contributed by atoms with Gasteiger partial charge in [0.25, 0.3) is 5.56 Å². The van der Waals surface area contributed by atoms with E-state index >= 15 is 0 Å². The maximum absolute atomic E-state index is 12.5. The van der Waals surface area contributed by atoms with Crippen LogP contribution in [0.3, 0.4) is 0 Å². The Labute approximate surface area is 163 Å². The SMILES string of the molecule is CC(=O)N(c1cccc(C)c1)c1nc(Cn2cnc3ccsc3c2=O)cs1. The summed E-state index contributed by atoms with van der Waals surface area (Å²) in [5, 5.41) is 4.31. The van der Waals surface area contributed by atoms with Crippen molar-refractivity contribution >= 4 is 49.6 Å². The number of thiazole rings is 1. The summed E-state index contributed by atoms with van der Waals surface area (Å²) in [4.78, 5) is 35.2. The highest BCUT2D eigenvalue weighted by molar-refractivity contribution is 7.17. The predicted octanol–water partition coefficient (Wildman–Crippen LogP) is 3.96. The van der Waals surface area contributed by atoms with Gasteiger partial charge in [0, 0.05) is 12.3 Å². The van der Waals surface area contributed by atoms with Crippen LogP contribution < -0.4 is 10.5 Å². The van der Waals surface area contributed by atoms with Crippen LogP contribution in [0.15, 0.2) is 52.2 Å². The third-order valence-electron chi connectivity index (χ3n) is 4.07. The van der Waals surface area contributed by atoms with Crippen LogP contribution in [0.5, 0.6) is 0 Å². The van der Waals surface area contributed by atoms with Gasteiger partial charge in [-0.1, -0.05) is 12.1 Å². The second-order valence-corrected chi connectivity index (χ2v) is 7.88. The molecule has 0 atom stereocenters. The lowest BCUT2D eigenvalue weighted by Crippen LogP contribution is -2.23. The van der Waals surface area contributed by atoms with Gasteiger partial charge in [-0.25, -0.2) is 9.97 Å². The van der Waals surface area contributed by atoms with Crippen LogP contribution in [0, 0.1) is 6.92 Å². The molecule has 0 unspecified atom stereocenters. The van der Waals surface area contributed by atoms with E-state index < -0.39 is 0 Å². The monoisotopic (exact) mass is 396 g/mol. The summed E-state index contributed by atoms with van der Waals surface area (Å²) in [6, 6.07) is 9.56. The fourth-order valence-corrected chi connectivity index (χ4v) is 4.50. The fraction of sp³-hybridized carbons (Fsp3) is 0.158. The number of rotatable bonds is 4. The highest BCUT2D eigenvalue weighted by Crippen LogP contribution is 2.29. The molecule has 4 aromatic rings. The van der Waals surface area contributed by atoms with Crippen molar-refractivity contribution < 1.29 is 4.79 Å². The van der Waals surface area contributed by atoms with Gasteiger partial charge < -0.3 is 0 Å². The lowest BCUT2D eigenvalue weighted by atomic mass is 10.2. The maximum Gasteiger partial charge on any atom is 0.271 e. The van der Waals surface area contributed by atoms with E-state index in [1.807, 2.05) is 48.0 Å². The normalized spacial score (nSPS) is 11.0. The van der Waals surface area contributed by atoms with Crippen LogP contribution >= 0.6 is 22.7 Å². The van der Waals surface area contributed by atoms with Crippen LogP contribution in [-0.2, 0) is 11.3 Å². The molecule has 0 saturated heterocycles. The predicted molar refractivity (Wildman–Crippen MR) is 109 cm³/mol.